The third-order valence-electron chi connectivity index (χ3n) is 4.98. The largest absolute Gasteiger partial charge is 0.494 e. The number of nitrogens with one attached hydrogen (secondary N) is 1. The Bertz CT molecular complexity index is 617. The van der Waals surface area contributed by atoms with Crippen LogP contribution in [0.1, 0.15) is 39.5 Å². The van der Waals surface area contributed by atoms with Crippen LogP contribution in [0.5, 0.6) is 5.75 Å². The summed E-state index contributed by atoms with van der Waals surface area (Å²) < 4.78 is 5.44. The average Bonchev–Trinajstić information content (AvgIpc) is 2.96. The molecule has 2 heterocycles. The first kappa shape index (κ1) is 17.6. The van der Waals surface area contributed by atoms with Crippen LogP contribution in [0.25, 0.3) is 0 Å². The van der Waals surface area contributed by atoms with Crippen LogP contribution in [0.2, 0.25) is 0 Å². The fourth-order valence-electron chi connectivity index (χ4n) is 3.60. The first-order chi connectivity index (χ1) is 12.1. The number of carbonyl (C=O) groups is 2. The molecule has 2 aliphatic rings. The minimum absolute atomic E-state index is 0.0427. The van der Waals surface area contributed by atoms with E-state index in [9.17, 15) is 9.59 Å². The third-order valence-corrected chi connectivity index (χ3v) is 4.98. The van der Waals surface area contributed by atoms with E-state index in [-0.39, 0.29) is 24.0 Å². The molecule has 1 N–H and O–H groups in total. The standard InChI is InChI=1S/C19H27N3O3/c1-3-25-17-9-7-16(8-10-17)22-13-15(12-18(22)23)20-19(24)21-11-5-4-6-14(21)2/h7-10,14-15H,3-6,11-13H2,1-2H3,(H,20,24)/t14-,15+/m0/s1. The second-order valence-corrected chi connectivity index (χ2v) is 6.82. The topological polar surface area (TPSA) is 61.9 Å². The molecule has 0 aromatic heterocycles. The molecule has 0 radical (unpaired) electrons. The first-order valence-corrected chi connectivity index (χ1v) is 9.19. The molecule has 6 heteroatoms. The number of hydrogen-bond donors (Lipinski definition) is 1. The van der Waals surface area contributed by atoms with Crippen LogP contribution < -0.4 is 15.0 Å². The molecule has 1 aromatic carbocycles. The molecule has 6 nitrogen and oxygen atoms in total. The van der Waals surface area contributed by atoms with Gasteiger partial charge in [-0.15, -0.1) is 0 Å². The van der Waals surface area contributed by atoms with E-state index in [0.29, 0.717) is 19.6 Å². The smallest absolute Gasteiger partial charge is 0.317 e. The van der Waals surface area contributed by atoms with Gasteiger partial charge in [0.15, 0.2) is 0 Å². The highest BCUT2D eigenvalue weighted by molar-refractivity contribution is 5.96. The lowest BCUT2D eigenvalue weighted by Gasteiger charge is -2.34. The number of carbonyl (C=O) groups excluding carboxylic acids is 2. The molecule has 0 bridgehead atoms. The second-order valence-electron chi connectivity index (χ2n) is 6.82. The van der Waals surface area contributed by atoms with Crippen molar-refractivity contribution in [1.82, 2.24) is 10.2 Å². The number of ether oxygens (including phenoxy) is 1. The average molecular weight is 345 g/mol. The van der Waals surface area contributed by atoms with E-state index in [1.807, 2.05) is 36.1 Å². The zero-order valence-electron chi connectivity index (χ0n) is 15.0. The lowest BCUT2D eigenvalue weighted by Crippen LogP contribution is -2.50. The Kier molecular flexibility index (Phi) is 5.46. The van der Waals surface area contributed by atoms with Crippen molar-refractivity contribution in [2.24, 2.45) is 0 Å². The van der Waals surface area contributed by atoms with Crippen molar-refractivity contribution in [2.45, 2.75) is 51.6 Å². The Morgan fingerprint density at radius 1 is 1.28 bits per heavy atom. The van der Waals surface area contributed by atoms with Gasteiger partial charge in [0, 0.05) is 31.2 Å². The van der Waals surface area contributed by atoms with E-state index in [2.05, 4.69) is 12.2 Å². The minimum atomic E-state index is -0.138. The zero-order chi connectivity index (χ0) is 17.8. The van der Waals surface area contributed by atoms with Gasteiger partial charge in [-0.25, -0.2) is 4.79 Å². The highest BCUT2D eigenvalue weighted by atomic mass is 16.5. The summed E-state index contributed by atoms with van der Waals surface area (Å²) in [4.78, 5) is 28.5. The summed E-state index contributed by atoms with van der Waals surface area (Å²) in [5.41, 5.74) is 0.844. The highest BCUT2D eigenvalue weighted by Crippen LogP contribution is 2.25. The molecular formula is C19H27N3O3. The summed E-state index contributed by atoms with van der Waals surface area (Å²) in [6.07, 6.45) is 3.63. The van der Waals surface area contributed by atoms with Gasteiger partial charge in [0.25, 0.3) is 0 Å². The fourth-order valence-corrected chi connectivity index (χ4v) is 3.60. The van der Waals surface area contributed by atoms with Crippen molar-refractivity contribution >= 4 is 17.6 Å². The van der Waals surface area contributed by atoms with Crippen LogP contribution in [0.4, 0.5) is 10.5 Å². The van der Waals surface area contributed by atoms with Crippen molar-refractivity contribution in [3.8, 4) is 5.75 Å². The number of benzene rings is 1. The molecule has 1 aromatic rings. The summed E-state index contributed by atoms with van der Waals surface area (Å²) in [5.74, 6) is 0.836. The summed E-state index contributed by atoms with van der Waals surface area (Å²) in [6.45, 7) is 5.96. The Morgan fingerprint density at radius 2 is 2.04 bits per heavy atom. The van der Waals surface area contributed by atoms with Crippen molar-refractivity contribution in [3.05, 3.63) is 24.3 Å². The molecule has 0 spiro atoms. The first-order valence-electron chi connectivity index (χ1n) is 9.19. The molecule has 2 saturated heterocycles. The maximum atomic E-state index is 12.5. The zero-order valence-corrected chi connectivity index (χ0v) is 15.0. The quantitative estimate of drug-likeness (QED) is 0.913. The predicted molar refractivity (Wildman–Crippen MR) is 96.9 cm³/mol. The maximum Gasteiger partial charge on any atom is 0.317 e. The number of likely N-dealkylation sites (tertiary alicyclic amines) is 1. The highest BCUT2D eigenvalue weighted by Gasteiger charge is 2.33. The van der Waals surface area contributed by atoms with Gasteiger partial charge in [-0.3, -0.25) is 4.79 Å². The van der Waals surface area contributed by atoms with Crippen LogP contribution in [-0.4, -0.2) is 48.6 Å². The number of rotatable bonds is 4. The van der Waals surface area contributed by atoms with E-state index >= 15 is 0 Å². The van der Waals surface area contributed by atoms with E-state index < -0.39 is 0 Å². The van der Waals surface area contributed by atoms with Gasteiger partial charge in [-0.1, -0.05) is 0 Å². The van der Waals surface area contributed by atoms with Crippen LogP contribution in [0.3, 0.4) is 0 Å². The third kappa shape index (κ3) is 4.06. The SMILES string of the molecule is CCOc1ccc(N2C[C@H](NC(=O)N3CCCC[C@@H]3C)CC2=O)cc1. The Hall–Kier alpha value is -2.24. The normalized spacial score (nSPS) is 23.7. The van der Waals surface area contributed by atoms with Gasteiger partial charge >= 0.3 is 6.03 Å². The van der Waals surface area contributed by atoms with Gasteiger partial charge < -0.3 is 19.9 Å². The van der Waals surface area contributed by atoms with Crippen LogP contribution in [-0.2, 0) is 4.79 Å². The number of urea groups is 1. The summed E-state index contributed by atoms with van der Waals surface area (Å²) in [7, 11) is 0. The molecule has 2 fully saturated rings. The number of nitrogens with zero attached hydrogens (tertiary/aromatic N) is 2. The van der Waals surface area contributed by atoms with Gasteiger partial charge in [0.1, 0.15) is 5.75 Å². The Morgan fingerprint density at radius 3 is 2.72 bits per heavy atom. The lowest BCUT2D eigenvalue weighted by atomic mass is 10.0. The van der Waals surface area contributed by atoms with Crippen molar-refractivity contribution in [2.75, 3.05) is 24.6 Å². The fraction of sp³-hybridized carbons (Fsp3) is 0.579. The molecule has 0 unspecified atom stereocenters. The van der Waals surface area contributed by atoms with Crippen molar-refractivity contribution in [1.29, 1.82) is 0 Å². The number of hydrogen-bond acceptors (Lipinski definition) is 3. The molecule has 0 saturated carbocycles. The Balaban J connectivity index is 1.59. The van der Waals surface area contributed by atoms with E-state index in [4.69, 9.17) is 4.74 Å². The molecule has 3 amide bonds. The molecule has 2 atom stereocenters. The van der Waals surface area contributed by atoms with Crippen LogP contribution >= 0.6 is 0 Å². The van der Waals surface area contributed by atoms with E-state index in [1.165, 1.54) is 6.42 Å². The molecule has 136 valence electrons. The molecule has 0 aliphatic carbocycles. The molecule has 3 rings (SSSR count). The van der Waals surface area contributed by atoms with Gasteiger partial charge in [-0.2, -0.15) is 0 Å². The van der Waals surface area contributed by atoms with Crippen molar-refractivity contribution in [3.63, 3.8) is 0 Å². The monoisotopic (exact) mass is 345 g/mol. The van der Waals surface area contributed by atoms with Gasteiger partial charge in [0.2, 0.25) is 5.91 Å². The Labute approximate surface area is 149 Å². The van der Waals surface area contributed by atoms with Gasteiger partial charge in [-0.05, 0) is 57.4 Å². The maximum absolute atomic E-state index is 12.5. The minimum Gasteiger partial charge on any atom is -0.494 e. The van der Waals surface area contributed by atoms with Crippen LogP contribution in [0.15, 0.2) is 24.3 Å². The van der Waals surface area contributed by atoms with Crippen molar-refractivity contribution < 1.29 is 14.3 Å². The lowest BCUT2D eigenvalue weighted by molar-refractivity contribution is -0.117. The second kappa shape index (κ2) is 7.76. The molecular weight excluding hydrogens is 318 g/mol. The van der Waals surface area contributed by atoms with Crippen LogP contribution in [0, 0.1) is 0 Å². The summed E-state index contributed by atoms with van der Waals surface area (Å²) >= 11 is 0. The predicted octanol–water partition coefficient (Wildman–Crippen LogP) is 2.77. The summed E-state index contributed by atoms with van der Waals surface area (Å²) in [5, 5.41) is 3.04. The van der Waals surface area contributed by atoms with Gasteiger partial charge in [0.05, 0.1) is 12.6 Å². The molecule has 2 aliphatic heterocycles. The summed E-state index contributed by atoms with van der Waals surface area (Å²) in [6, 6.07) is 7.60. The number of amides is 3. The number of anilines is 1. The molecule has 25 heavy (non-hydrogen) atoms. The van der Waals surface area contributed by atoms with E-state index in [1.54, 1.807) is 4.90 Å². The van der Waals surface area contributed by atoms with E-state index in [0.717, 1.165) is 30.8 Å². The number of piperidine rings is 1.